The second-order valence-electron chi connectivity index (χ2n) is 10.3. The van der Waals surface area contributed by atoms with Crippen LogP contribution in [0.15, 0.2) is 36.5 Å². The van der Waals surface area contributed by atoms with Crippen LogP contribution in [0.5, 0.6) is 11.8 Å². The van der Waals surface area contributed by atoms with E-state index in [4.69, 9.17) is 9.47 Å². The Morgan fingerprint density at radius 2 is 1.85 bits per heavy atom. The van der Waals surface area contributed by atoms with Crippen molar-refractivity contribution >= 4 is 0 Å². The van der Waals surface area contributed by atoms with Crippen molar-refractivity contribution < 1.29 is 40.9 Å². The summed E-state index contributed by atoms with van der Waals surface area (Å²) in [5.74, 6) is 0.401. The molecule has 0 bridgehead atoms. The summed E-state index contributed by atoms with van der Waals surface area (Å²) >= 11 is 0. The van der Waals surface area contributed by atoms with Crippen LogP contribution in [0.25, 0.3) is 11.1 Å². The number of rotatable bonds is 9. The zero-order valence-corrected chi connectivity index (χ0v) is 21.2. The van der Waals surface area contributed by atoms with Gasteiger partial charge in [0, 0.05) is 41.6 Å². The van der Waals surface area contributed by atoms with Gasteiger partial charge in [-0.1, -0.05) is 0 Å². The number of halogens is 6. The number of aliphatic hydroxyl groups is 1. The van der Waals surface area contributed by atoms with E-state index in [1.165, 1.54) is 24.6 Å². The average Bonchev–Trinajstić information content (AvgIpc) is 3.53. The number of hydrogen-bond donors (Lipinski definition) is 1. The largest absolute Gasteiger partial charge is 0.478 e. The summed E-state index contributed by atoms with van der Waals surface area (Å²) in [5, 5.41) is 9.64. The Morgan fingerprint density at radius 1 is 1.08 bits per heavy atom. The van der Waals surface area contributed by atoms with Crippen molar-refractivity contribution in [1.29, 1.82) is 0 Å². The average molecular weight is 553 g/mol. The Bertz CT molecular complexity index is 1390. The van der Waals surface area contributed by atoms with Crippen LogP contribution < -0.4 is 9.47 Å². The Morgan fingerprint density at radius 3 is 2.54 bits per heavy atom. The SMILES string of the molecule is Cc1nc(OCCC(C)(O)C(F)F)ccc1-c1cc(COc2cc3c(cn2)[C@@H]2C[C@@H]2C3)c(F)cc1C(F)(F)F. The number of benzene rings is 1. The zero-order valence-electron chi connectivity index (χ0n) is 21.2. The number of aromatic nitrogens is 2. The molecule has 2 heterocycles. The van der Waals surface area contributed by atoms with Crippen LogP contribution in [0.1, 0.15) is 53.6 Å². The number of alkyl halides is 5. The number of fused-ring (bicyclic) bond motifs is 3. The molecule has 3 atom stereocenters. The van der Waals surface area contributed by atoms with E-state index in [1.54, 1.807) is 12.3 Å². The van der Waals surface area contributed by atoms with Gasteiger partial charge < -0.3 is 14.6 Å². The molecule has 1 unspecified atom stereocenters. The summed E-state index contributed by atoms with van der Waals surface area (Å²) in [7, 11) is 0. The van der Waals surface area contributed by atoms with E-state index < -0.39 is 29.6 Å². The Kier molecular flexibility index (Phi) is 6.98. The number of nitrogens with zero attached hydrogens (tertiary/aromatic N) is 2. The number of pyridine rings is 2. The monoisotopic (exact) mass is 552 g/mol. The van der Waals surface area contributed by atoms with Crippen molar-refractivity contribution in [3.63, 3.8) is 0 Å². The maximum absolute atomic E-state index is 14.8. The molecule has 2 aliphatic rings. The van der Waals surface area contributed by atoms with E-state index in [2.05, 4.69) is 9.97 Å². The van der Waals surface area contributed by atoms with E-state index >= 15 is 0 Å². The van der Waals surface area contributed by atoms with Crippen LogP contribution in [0.2, 0.25) is 0 Å². The molecule has 11 heteroatoms. The molecule has 1 aromatic carbocycles. The fraction of sp³-hybridized carbons (Fsp3) is 0.429. The second-order valence-corrected chi connectivity index (χ2v) is 10.3. The minimum absolute atomic E-state index is 0.0131. The summed E-state index contributed by atoms with van der Waals surface area (Å²) in [4.78, 5) is 8.41. The maximum atomic E-state index is 14.8. The molecule has 2 aromatic heterocycles. The first-order valence-corrected chi connectivity index (χ1v) is 12.5. The van der Waals surface area contributed by atoms with E-state index in [-0.39, 0.29) is 53.8 Å². The molecule has 1 fully saturated rings. The standard InChI is InChI=1S/C28H26F6N2O3/c1-14-18(3-4-24(36-14)38-6-5-27(2,37)26(30)31)20-9-17(23(29)11-22(20)28(32,33)34)13-39-25-10-16-7-15-8-19(15)21(16)12-35-25/h3-4,9-12,15,19,26,37H,5-8,13H2,1-2H3/t15-,19+,27?/m0/s1. The van der Waals surface area contributed by atoms with Gasteiger partial charge in [0.25, 0.3) is 6.43 Å². The highest BCUT2D eigenvalue weighted by molar-refractivity contribution is 5.71. The minimum Gasteiger partial charge on any atom is -0.478 e. The van der Waals surface area contributed by atoms with Crippen molar-refractivity contribution in [3.8, 4) is 22.9 Å². The predicted molar refractivity (Wildman–Crippen MR) is 129 cm³/mol. The molecule has 2 aliphatic carbocycles. The summed E-state index contributed by atoms with van der Waals surface area (Å²) in [6, 6.07) is 5.96. The smallest absolute Gasteiger partial charge is 0.417 e. The first-order valence-electron chi connectivity index (χ1n) is 12.5. The van der Waals surface area contributed by atoms with E-state index in [0.717, 1.165) is 31.4 Å². The highest BCUT2D eigenvalue weighted by Gasteiger charge is 2.45. The van der Waals surface area contributed by atoms with Gasteiger partial charge in [-0.25, -0.2) is 23.1 Å². The van der Waals surface area contributed by atoms with Crippen molar-refractivity contribution in [1.82, 2.24) is 9.97 Å². The van der Waals surface area contributed by atoms with Crippen LogP contribution in [0.4, 0.5) is 26.3 Å². The molecule has 5 nitrogen and oxygen atoms in total. The minimum atomic E-state index is -4.85. The third-order valence-corrected chi connectivity index (χ3v) is 7.35. The first kappa shape index (κ1) is 27.2. The molecule has 0 aliphatic heterocycles. The van der Waals surface area contributed by atoms with Crippen molar-refractivity contribution in [3.05, 3.63) is 70.3 Å². The van der Waals surface area contributed by atoms with Crippen LogP contribution >= 0.6 is 0 Å². The summed E-state index contributed by atoms with van der Waals surface area (Å²) in [5.41, 5.74) is -1.23. The highest BCUT2D eigenvalue weighted by atomic mass is 19.4. The molecule has 0 amide bonds. The zero-order chi connectivity index (χ0) is 28.1. The van der Waals surface area contributed by atoms with Gasteiger partial charge in [-0.2, -0.15) is 13.2 Å². The molecule has 0 saturated heterocycles. The lowest BCUT2D eigenvalue weighted by atomic mass is 9.95. The highest BCUT2D eigenvalue weighted by Crippen LogP contribution is 2.56. The van der Waals surface area contributed by atoms with Gasteiger partial charge in [-0.3, -0.25) is 0 Å². The molecule has 0 spiro atoms. The number of hydrogen-bond acceptors (Lipinski definition) is 5. The molecule has 208 valence electrons. The lowest BCUT2D eigenvalue weighted by Crippen LogP contribution is -2.35. The Labute approximate surface area is 220 Å². The van der Waals surface area contributed by atoms with Gasteiger partial charge in [0.2, 0.25) is 11.8 Å². The summed E-state index contributed by atoms with van der Waals surface area (Å²) in [6.45, 7) is 1.82. The molecular weight excluding hydrogens is 526 g/mol. The molecule has 39 heavy (non-hydrogen) atoms. The van der Waals surface area contributed by atoms with Gasteiger partial charge >= 0.3 is 6.18 Å². The molecule has 5 rings (SSSR count). The van der Waals surface area contributed by atoms with E-state index in [0.29, 0.717) is 17.9 Å². The van der Waals surface area contributed by atoms with Crippen LogP contribution in [0.3, 0.4) is 0 Å². The van der Waals surface area contributed by atoms with Gasteiger partial charge in [-0.15, -0.1) is 0 Å². The van der Waals surface area contributed by atoms with Crippen LogP contribution in [0, 0.1) is 18.7 Å². The van der Waals surface area contributed by atoms with Gasteiger partial charge in [0.1, 0.15) is 18.0 Å². The van der Waals surface area contributed by atoms with Crippen molar-refractivity contribution in [2.24, 2.45) is 5.92 Å². The van der Waals surface area contributed by atoms with Crippen molar-refractivity contribution in [2.45, 2.75) is 63.8 Å². The molecule has 1 saturated carbocycles. The third-order valence-electron chi connectivity index (χ3n) is 7.35. The third kappa shape index (κ3) is 5.68. The lowest BCUT2D eigenvalue weighted by molar-refractivity contribution is -0.137. The fourth-order valence-electron chi connectivity index (χ4n) is 4.92. The molecular formula is C28H26F6N2O3. The van der Waals surface area contributed by atoms with Gasteiger partial charge in [0.15, 0.2) is 0 Å². The number of ether oxygens (including phenoxy) is 2. The van der Waals surface area contributed by atoms with Gasteiger partial charge in [-0.05, 0) is 73.4 Å². The summed E-state index contributed by atoms with van der Waals surface area (Å²) in [6.07, 6.45) is -4.34. The topological polar surface area (TPSA) is 64.5 Å². The van der Waals surface area contributed by atoms with E-state index in [1.807, 2.05) is 0 Å². The first-order chi connectivity index (χ1) is 18.3. The number of aryl methyl sites for hydroxylation is 1. The molecule has 1 N–H and O–H groups in total. The molecule has 3 aromatic rings. The van der Waals surface area contributed by atoms with Gasteiger partial charge in [0.05, 0.1) is 12.2 Å². The Balaban J connectivity index is 1.37. The van der Waals surface area contributed by atoms with Crippen LogP contribution in [-0.4, -0.2) is 33.7 Å². The fourth-order valence-corrected chi connectivity index (χ4v) is 4.92. The maximum Gasteiger partial charge on any atom is 0.417 e. The predicted octanol–water partition coefficient (Wildman–Crippen LogP) is 6.63. The molecule has 0 radical (unpaired) electrons. The van der Waals surface area contributed by atoms with E-state index in [9.17, 15) is 31.4 Å². The lowest BCUT2D eigenvalue weighted by Gasteiger charge is -2.22. The van der Waals surface area contributed by atoms with Crippen LogP contribution in [-0.2, 0) is 19.2 Å². The van der Waals surface area contributed by atoms with Crippen molar-refractivity contribution in [2.75, 3.05) is 6.61 Å². The normalized spacial score (nSPS) is 19.4. The summed E-state index contributed by atoms with van der Waals surface area (Å²) < 4.78 is 93.0. The Hall–Kier alpha value is -3.34. The second kappa shape index (κ2) is 10.0. The quantitative estimate of drug-likeness (QED) is 0.302.